The Labute approximate surface area is 107 Å². The number of alkyl halides is 1. The molecule has 0 aliphatic heterocycles. The highest BCUT2D eigenvalue weighted by Crippen LogP contribution is 2.21. The molecule has 0 aliphatic carbocycles. The summed E-state index contributed by atoms with van der Waals surface area (Å²) in [6.07, 6.45) is 0. The van der Waals surface area contributed by atoms with E-state index in [1.807, 2.05) is 25.6 Å². The molecule has 0 N–H and O–H groups in total. The van der Waals surface area contributed by atoms with Crippen LogP contribution in [0.1, 0.15) is 25.2 Å². The lowest BCUT2D eigenvalue weighted by Crippen LogP contribution is -2.25. The van der Waals surface area contributed by atoms with Crippen molar-refractivity contribution in [3.05, 3.63) is 16.4 Å². The Morgan fingerprint density at radius 3 is 2.62 bits per heavy atom. The Morgan fingerprint density at radius 1 is 1.50 bits per heavy atom. The zero-order valence-corrected chi connectivity index (χ0v) is 11.8. The Hall–Kier alpha value is -0.250. The first-order chi connectivity index (χ1) is 7.45. The van der Waals surface area contributed by atoms with E-state index in [2.05, 4.69) is 16.9 Å². The first-order valence-corrected chi connectivity index (χ1v) is 6.31. The van der Waals surface area contributed by atoms with Gasteiger partial charge >= 0.3 is 0 Å². The molecule has 1 aromatic heterocycles. The summed E-state index contributed by atoms with van der Waals surface area (Å²) in [4.78, 5) is 2.16. The minimum Gasteiger partial charge on any atom is -0.299 e. The van der Waals surface area contributed by atoms with Gasteiger partial charge in [-0.3, -0.25) is 9.58 Å². The van der Waals surface area contributed by atoms with Gasteiger partial charge in [-0.1, -0.05) is 11.6 Å². The van der Waals surface area contributed by atoms with Crippen molar-refractivity contribution in [2.24, 2.45) is 0 Å². The van der Waals surface area contributed by atoms with Gasteiger partial charge in [0.05, 0.1) is 16.4 Å². The molecule has 0 aliphatic rings. The smallest absolute Gasteiger partial charge is 0.0860 e. The molecular formula is C11H19Cl2N3. The van der Waals surface area contributed by atoms with Crippen LogP contribution >= 0.6 is 23.2 Å². The molecule has 0 radical (unpaired) electrons. The van der Waals surface area contributed by atoms with Crippen LogP contribution in [0.2, 0.25) is 5.02 Å². The van der Waals surface area contributed by atoms with E-state index in [1.165, 1.54) is 0 Å². The quantitative estimate of drug-likeness (QED) is 0.762. The fraction of sp³-hybridized carbons (Fsp3) is 0.727. The SMILES string of the molecule is CCn1nc(C)c(Cl)c1CN(C)CC(C)Cl. The molecule has 1 heterocycles. The summed E-state index contributed by atoms with van der Waals surface area (Å²) in [5.74, 6) is 0. The Balaban J connectivity index is 2.79. The standard InChI is InChI=1S/C11H19Cl2N3/c1-5-16-10(11(13)9(3)14-16)7-15(4)6-8(2)12/h8H,5-7H2,1-4H3. The highest BCUT2D eigenvalue weighted by molar-refractivity contribution is 6.31. The van der Waals surface area contributed by atoms with Crippen molar-refractivity contribution < 1.29 is 0 Å². The summed E-state index contributed by atoms with van der Waals surface area (Å²) in [7, 11) is 2.04. The molecule has 1 unspecified atom stereocenters. The van der Waals surface area contributed by atoms with Gasteiger partial charge in [0.2, 0.25) is 0 Å². The van der Waals surface area contributed by atoms with Crippen LogP contribution in [0, 0.1) is 6.92 Å². The van der Waals surface area contributed by atoms with E-state index in [0.717, 1.165) is 36.0 Å². The van der Waals surface area contributed by atoms with Gasteiger partial charge in [0.1, 0.15) is 0 Å². The van der Waals surface area contributed by atoms with Crippen molar-refractivity contribution in [2.45, 2.75) is 39.2 Å². The number of rotatable bonds is 5. The van der Waals surface area contributed by atoms with Crippen LogP contribution in [0.25, 0.3) is 0 Å². The number of halogens is 2. The lowest BCUT2D eigenvalue weighted by Gasteiger charge is -2.18. The number of aryl methyl sites for hydroxylation is 2. The third-order valence-corrected chi connectivity index (χ3v) is 3.07. The van der Waals surface area contributed by atoms with Crippen molar-refractivity contribution in [3.63, 3.8) is 0 Å². The van der Waals surface area contributed by atoms with E-state index in [4.69, 9.17) is 23.2 Å². The monoisotopic (exact) mass is 263 g/mol. The Kier molecular flexibility index (Phi) is 5.09. The number of nitrogens with zero attached hydrogens (tertiary/aromatic N) is 3. The zero-order valence-electron chi connectivity index (χ0n) is 10.3. The second kappa shape index (κ2) is 5.89. The highest BCUT2D eigenvalue weighted by atomic mass is 35.5. The molecule has 0 saturated carbocycles. The average molecular weight is 264 g/mol. The van der Waals surface area contributed by atoms with Crippen molar-refractivity contribution in [1.29, 1.82) is 0 Å². The molecule has 0 spiro atoms. The van der Waals surface area contributed by atoms with Gasteiger partial charge in [-0.2, -0.15) is 5.10 Å². The van der Waals surface area contributed by atoms with E-state index < -0.39 is 0 Å². The predicted molar refractivity (Wildman–Crippen MR) is 69.3 cm³/mol. The first-order valence-electron chi connectivity index (χ1n) is 5.50. The van der Waals surface area contributed by atoms with Crippen LogP contribution in [-0.2, 0) is 13.1 Å². The summed E-state index contributed by atoms with van der Waals surface area (Å²) >= 11 is 12.2. The Bertz CT molecular complexity index is 347. The predicted octanol–water partition coefficient (Wildman–Crippen LogP) is 2.92. The van der Waals surface area contributed by atoms with E-state index >= 15 is 0 Å². The first kappa shape index (κ1) is 13.8. The van der Waals surface area contributed by atoms with Crippen LogP contribution in [0.4, 0.5) is 0 Å². The average Bonchev–Trinajstić information content (AvgIpc) is 2.44. The molecule has 16 heavy (non-hydrogen) atoms. The molecule has 1 rings (SSSR count). The maximum atomic E-state index is 6.23. The molecule has 0 fully saturated rings. The number of hydrogen-bond donors (Lipinski definition) is 0. The maximum Gasteiger partial charge on any atom is 0.0860 e. The zero-order chi connectivity index (χ0) is 12.3. The topological polar surface area (TPSA) is 21.1 Å². The van der Waals surface area contributed by atoms with Crippen LogP contribution < -0.4 is 0 Å². The van der Waals surface area contributed by atoms with Crippen molar-refractivity contribution in [1.82, 2.24) is 14.7 Å². The third kappa shape index (κ3) is 3.37. The van der Waals surface area contributed by atoms with Gasteiger partial charge in [0.15, 0.2) is 0 Å². The van der Waals surface area contributed by atoms with E-state index in [1.54, 1.807) is 0 Å². The number of aromatic nitrogens is 2. The summed E-state index contributed by atoms with van der Waals surface area (Å²) in [6.45, 7) is 8.45. The fourth-order valence-corrected chi connectivity index (χ4v) is 2.20. The van der Waals surface area contributed by atoms with Gasteiger partial charge in [-0.15, -0.1) is 11.6 Å². The summed E-state index contributed by atoms with van der Waals surface area (Å²) < 4.78 is 1.95. The lowest BCUT2D eigenvalue weighted by atomic mass is 10.3. The second-order valence-corrected chi connectivity index (χ2v) is 5.26. The second-order valence-electron chi connectivity index (χ2n) is 4.14. The molecule has 0 amide bonds. The third-order valence-electron chi connectivity index (χ3n) is 2.44. The van der Waals surface area contributed by atoms with Gasteiger partial charge < -0.3 is 0 Å². The Morgan fingerprint density at radius 2 is 2.12 bits per heavy atom. The van der Waals surface area contributed by atoms with E-state index in [-0.39, 0.29) is 5.38 Å². The number of hydrogen-bond acceptors (Lipinski definition) is 2. The highest BCUT2D eigenvalue weighted by Gasteiger charge is 2.14. The van der Waals surface area contributed by atoms with Crippen LogP contribution in [0.5, 0.6) is 0 Å². The summed E-state index contributed by atoms with van der Waals surface area (Å²) in [6, 6.07) is 0. The molecule has 0 aromatic carbocycles. The minimum absolute atomic E-state index is 0.142. The van der Waals surface area contributed by atoms with Crippen LogP contribution in [-0.4, -0.2) is 33.6 Å². The normalized spacial score (nSPS) is 13.4. The van der Waals surface area contributed by atoms with E-state index in [9.17, 15) is 0 Å². The largest absolute Gasteiger partial charge is 0.299 e. The van der Waals surface area contributed by atoms with Crippen molar-refractivity contribution in [3.8, 4) is 0 Å². The van der Waals surface area contributed by atoms with E-state index in [0.29, 0.717) is 0 Å². The minimum atomic E-state index is 0.142. The molecule has 0 saturated heterocycles. The van der Waals surface area contributed by atoms with Gasteiger partial charge in [0, 0.05) is 25.0 Å². The summed E-state index contributed by atoms with van der Waals surface area (Å²) in [5.41, 5.74) is 1.97. The van der Waals surface area contributed by atoms with Crippen molar-refractivity contribution >= 4 is 23.2 Å². The lowest BCUT2D eigenvalue weighted by molar-refractivity contribution is 0.318. The van der Waals surface area contributed by atoms with Gasteiger partial charge in [-0.05, 0) is 27.8 Å². The van der Waals surface area contributed by atoms with Gasteiger partial charge in [-0.25, -0.2) is 0 Å². The van der Waals surface area contributed by atoms with Crippen molar-refractivity contribution in [2.75, 3.05) is 13.6 Å². The molecule has 0 bridgehead atoms. The molecule has 92 valence electrons. The molecule has 3 nitrogen and oxygen atoms in total. The summed E-state index contributed by atoms with van der Waals surface area (Å²) in [5, 5.41) is 5.30. The maximum absolute atomic E-state index is 6.23. The fourth-order valence-electron chi connectivity index (χ4n) is 1.77. The molecular weight excluding hydrogens is 245 g/mol. The van der Waals surface area contributed by atoms with Gasteiger partial charge in [0.25, 0.3) is 0 Å². The molecule has 1 aromatic rings. The van der Waals surface area contributed by atoms with Crippen LogP contribution in [0.15, 0.2) is 0 Å². The molecule has 1 atom stereocenters. The van der Waals surface area contributed by atoms with Crippen LogP contribution in [0.3, 0.4) is 0 Å². The molecule has 5 heteroatoms.